The van der Waals surface area contributed by atoms with Gasteiger partial charge in [-0.2, -0.15) is 0 Å². The van der Waals surface area contributed by atoms with Gasteiger partial charge in [0.25, 0.3) is 0 Å². The first-order valence-electron chi connectivity index (χ1n) is 14.6. The number of nitrogens with two attached hydrogens (primary N) is 1. The number of fused-ring (bicyclic) bond motifs is 5. The summed E-state index contributed by atoms with van der Waals surface area (Å²) in [5, 5.41) is 15.5. The number of carbonyl (C=O) groups excluding carboxylic acids is 1. The Morgan fingerprint density at radius 1 is 1.17 bits per heavy atom. The fourth-order valence-corrected chi connectivity index (χ4v) is 10.8. The Labute approximate surface area is 218 Å². The van der Waals surface area contributed by atoms with Crippen molar-refractivity contribution in [3.05, 3.63) is 11.6 Å². The highest BCUT2D eigenvalue weighted by atomic mass is 32.2. The van der Waals surface area contributed by atoms with E-state index in [-0.39, 0.29) is 29.1 Å². The maximum absolute atomic E-state index is 12.9. The van der Waals surface area contributed by atoms with Crippen molar-refractivity contribution in [2.24, 2.45) is 51.5 Å². The lowest BCUT2D eigenvalue weighted by Gasteiger charge is -2.58. The maximum atomic E-state index is 12.9. The van der Waals surface area contributed by atoms with Crippen LogP contribution in [0.25, 0.3) is 0 Å². The number of amides is 1. The minimum atomic E-state index is -3.49. The highest BCUT2D eigenvalue weighted by Crippen LogP contribution is 2.67. The molecule has 5 aliphatic rings. The summed E-state index contributed by atoms with van der Waals surface area (Å²) >= 11 is 0. The van der Waals surface area contributed by atoms with Crippen molar-refractivity contribution in [2.75, 3.05) is 18.8 Å². The van der Waals surface area contributed by atoms with Crippen LogP contribution in [-0.2, 0) is 14.8 Å². The van der Waals surface area contributed by atoms with Gasteiger partial charge in [-0.05, 0) is 111 Å². The summed E-state index contributed by atoms with van der Waals surface area (Å²) in [7, 11) is -3.49. The molecule has 1 heterocycles. The van der Waals surface area contributed by atoms with E-state index < -0.39 is 10.0 Å². The van der Waals surface area contributed by atoms with Crippen molar-refractivity contribution in [1.82, 2.24) is 4.90 Å². The van der Waals surface area contributed by atoms with E-state index in [1.807, 2.05) is 4.90 Å². The molecule has 9 atom stereocenters. The van der Waals surface area contributed by atoms with Crippen LogP contribution in [0.15, 0.2) is 11.6 Å². The first kappa shape index (κ1) is 26.7. The lowest BCUT2D eigenvalue weighted by molar-refractivity contribution is -0.130. The first-order valence-corrected chi connectivity index (χ1v) is 16.3. The number of aliphatic hydroxyl groups is 1. The topological polar surface area (TPSA) is 101 Å². The van der Waals surface area contributed by atoms with Crippen molar-refractivity contribution >= 4 is 15.9 Å². The van der Waals surface area contributed by atoms with Crippen LogP contribution in [0.1, 0.15) is 91.4 Å². The number of likely N-dealkylation sites (tertiary alicyclic amines) is 1. The van der Waals surface area contributed by atoms with Crippen molar-refractivity contribution < 1.29 is 18.3 Å². The van der Waals surface area contributed by atoms with Crippen LogP contribution in [0.5, 0.6) is 0 Å². The Morgan fingerprint density at radius 2 is 1.94 bits per heavy atom. The van der Waals surface area contributed by atoms with Crippen LogP contribution in [0.2, 0.25) is 0 Å². The van der Waals surface area contributed by atoms with E-state index in [1.165, 1.54) is 32.1 Å². The summed E-state index contributed by atoms with van der Waals surface area (Å²) in [6, 6.07) is 0. The fraction of sp³-hybridized carbons (Fsp3) is 0.897. The second-order valence-electron chi connectivity index (χ2n) is 13.7. The largest absolute Gasteiger partial charge is 0.393 e. The fourth-order valence-electron chi connectivity index (χ4n) is 9.85. The molecule has 7 heteroatoms. The predicted molar refractivity (Wildman–Crippen MR) is 142 cm³/mol. The molecule has 1 aliphatic heterocycles. The number of nitrogens with zero attached hydrogens (tertiary/aromatic N) is 1. The minimum Gasteiger partial charge on any atom is -0.393 e. The molecule has 6 nitrogen and oxygen atoms in total. The third-order valence-electron chi connectivity index (χ3n) is 11.8. The summed E-state index contributed by atoms with van der Waals surface area (Å²) in [5.41, 5.74) is 2.20. The van der Waals surface area contributed by atoms with Crippen molar-refractivity contribution in [1.29, 1.82) is 0 Å². The number of sulfonamides is 1. The molecule has 0 spiro atoms. The van der Waals surface area contributed by atoms with E-state index in [2.05, 4.69) is 26.8 Å². The molecule has 1 saturated heterocycles. The number of rotatable bonds is 6. The van der Waals surface area contributed by atoms with Gasteiger partial charge in [0, 0.05) is 19.5 Å². The number of hydrogen-bond acceptors (Lipinski definition) is 4. The SMILES string of the molecule is C[C@H](CCC(=O)N1CC[C@H](CS(N)(=O)=O)C1)[C@H]1CC[C@H]2[C@@H]3CC=C4C[C@@H](O)CC[C@]4(C)[C@H]3CC[C@]12C. The second kappa shape index (κ2) is 9.68. The van der Waals surface area contributed by atoms with Crippen molar-refractivity contribution in [3.63, 3.8) is 0 Å². The quantitative estimate of drug-likeness (QED) is 0.504. The molecule has 0 aromatic carbocycles. The van der Waals surface area contributed by atoms with Gasteiger partial charge in [-0.15, -0.1) is 0 Å². The van der Waals surface area contributed by atoms with Crippen molar-refractivity contribution in [2.45, 2.75) is 97.5 Å². The zero-order valence-corrected chi connectivity index (χ0v) is 23.4. The van der Waals surface area contributed by atoms with Crippen LogP contribution >= 0.6 is 0 Å². The molecule has 0 radical (unpaired) electrons. The molecular formula is C29H48N2O4S. The number of hydrogen-bond donors (Lipinski definition) is 2. The van der Waals surface area contributed by atoms with E-state index >= 15 is 0 Å². The first-order chi connectivity index (χ1) is 16.9. The zero-order valence-electron chi connectivity index (χ0n) is 22.6. The molecule has 1 amide bonds. The lowest BCUT2D eigenvalue weighted by Crippen LogP contribution is -2.50. The molecule has 0 bridgehead atoms. The van der Waals surface area contributed by atoms with Crippen LogP contribution < -0.4 is 5.14 Å². The Bertz CT molecular complexity index is 995. The molecule has 0 aromatic rings. The average Bonchev–Trinajstić information content (AvgIpc) is 3.40. The zero-order chi connectivity index (χ0) is 25.9. The van der Waals surface area contributed by atoms with E-state index in [0.29, 0.717) is 36.8 Å². The molecule has 0 unspecified atom stereocenters. The van der Waals surface area contributed by atoms with Crippen LogP contribution in [0.3, 0.4) is 0 Å². The Hall–Kier alpha value is -0.920. The molecule has 204 valence electrons. The van der Waals surface area contributed by atoms with Gasteiger partial charge in [0.15, 0.2) is 0 Å². The summed E-state index contributed by atoms with van der Waals surface area (Å²) in [5.74, 6) is 3.65. The molecule has 3 saturated carbocycles. The highest BCUT2D eigenvalue weighted by molar-refractivity contribution is 7.89. The number of carbonyl (C=O) groups is 1. The van der Waals surface area contributed by atoms with Crippen LogP contribution in [0.4, 0.5) is 0 Å². The number of primary sulfonamides is 1. The molecule has 5 rings (SSSR count). The van der Waals surface area contributed by atoms with Crippen LogP contribution in [-0.4, -0.2) is 49.3 Å². The normalized spacial score (nSPS) is 43.4. The summed E-state index contributed by atoms with van der Waals surface area (Å²) in [6.45, 7) is 8.62. The minimum absolute atomic E-state index is 0.0204. The van der Waals surface area contributed by atoms with Gasteiger partial charge in [0.1, 0.15) is 0 Å². The predicted octanol–water partition coefficient (Wildman–Crippen LogP) is 4.48. The summed E-state index contributed by atoms with van der Waals surface area (Å²) in [4.78, 5) is 14.8. The summed E-state index contributed by atoms with van der Waals surface area (Å²) in [6.07, 6.45) is 14.0. The Balaban J connectivity index is 1.19. The molecule has 4 aliphatic carbocycles. The second-order valence-corrected chi connectivity index (χ2v) is 15.4. The maximum Gasteiger partial charge on any atom is 0.222 e. The van der Waals surface area contributed by atoms with Crippen molar-refractivity contribution in [3.8, 4) is 0 Å². The average molecular weight is 521 g/mol. The third-order valence-corrected chi connectivity index (χ3v) is 12.7. The van der Waals surface area contributed by atoms with Gasteiger partial charge in [-0.1, -0.05) is 32.4 Å². The smallest absolute Gasteiger partial charge is 0.222 e. The van der Waals surface area contributed by atoms with Gasteiger partial charge in [0.05, 0.1) is 11.9 Å². The molecule has 36 heavy (non-hydrogen) atoms. The van der Waals surface area contributed by atoms with E-state index in [4.69, 9.17) is 5.14 Å². The molecule has 0 aromatic heterocycles. The van der Waals surface area contributed by atoms with Gasteiger partial charge in [-0.3, -0.25) is 4.79 Å². The van der Waals surface area contributed by atoms with Gasteiger partial charge in [-0.25, -0.2) is 13.6 Å². The van der Waals surface area contributed by atoms with Gasteiger partial charge < -0.3 is 10.0 Å². The van der Waals surface area contributed by atoms with Crippen LogP contribution in [0, 0.1) is 46.3 Å². The lowest BCUT2D eigenvalue weighted by atomic mass is 9.47. The Kier molecular flexibility index (Phi) is 7.17. The molecule has 4 fully saturated rings. The monoisotopic (exact) mass is 520 g/mol. The highest BCUT2D eigenvalue weighted by Gasteiger charge is 2.59. The third kappa shape index (κ3) is 4.82. The van der Waals surface area contributed by atoms with E-state index in [9.17, 15) is 18.3 Å². The Morgan fingerprint density at radius 3 is 2.69 bits per heavy atom. The van der Waals surface area contributed by atoms with E-state index in [0.717, 1.165) is 49.9 Å². The summed E-state index contributed by atoms with van der Waals surface area (Å²) < 4.78 is 22.8. The van der Waals surface area contributed by atoms with Gasteiger partial charge in [0.2, 0.25) is 15.9 Å². The molecule has 3 N–H and O–H groups in total. The molecular weight excluding hydrogens is 472 g/mol. The number of allylic oxidation sites excluding steroid dienone is 1. The van der Waals surface area contributed by atoms with E-state index in [1.54, 1.807) is 5.57 Å². The number of aliphatic hydroxyl groups excluding tert-OH is 1. The van der Waals surface area contributed by atoms with Gasteiger partial charge >= 0.3 is 0 Å². The standard InChI is InChI=1S/C29H48N2O4S/c1-19(4-9-27(33)31-15-12-20(17-31)18-36(30,34)35)24-7-8-25-23-6-5-21-16-22(32)10-13-28(21,2)26(23)11-14-29(24,25)3/h5,19-20,22-26,32H,4,6-18H2,1-3H3,(H2,30,34,35)/t19-,20+,22+,23+,24-,25+,26+,28+,29-/m1/s1.